The van der Waals surface area contributed by atoms with Gasteiger partial charge in [-0.25, -0.2) is 4.39 Å². The predicted molar refractivity (Wildman–Crippen MR) is 107 cm³/mol. The first kappa shape index (κ1) is 21.9. The highest BCUT2D eigenvalue weighted by molar-refractivity contribution is 5.95. The number of carbonyl (C=O) groups is 1. The number of nitrogens with two attached hydrogens (primary N) is 1. The van der Waals surface area contributed by atoms with Crippen LogP contribution in [-0.4, -0.2) is 31.8 Å². The van der Waals surface area contributed by atoms with Gasteiger partial charge in [0.15, 0.2) is 17.2 Å². The molecule has 0 spiro atoms. The van der Waals surface area contributed by atoms with Crippen molar-refractivity contribution in [1.29, 1.82) is 0 Å². The quantitative estimate of drug-likeness (QED) is 0.756. The number of rotatable bonds is 6. The zero-order valence-corrected chi connectivity index (χ0v) is 16.6. The number of aryl methyl sites for hydroxylation is 1. The third-order valence-electron chi connectivity index (χ3n) is 4.40. The van der Waals surface area contributed by atoms with Crippen LogP contribution in [0.1, 0.15) is 18.4 Å². The van der Waals surface area contributed by atoms with E-state index in [9.17, 15) is 9.18 Å². The van der Waals surface area contributed by atoms with Crippen LogP contribution in [0.15, 0.2) is 36.4 Å². The molecule has 0 aromatic heterocycles. The summed E-state index contributed by atoms with van der Waals surface area (Å²) in [5.41, 5.74) is 6.82. The number of hydrogen-bond donors (Lipinski definition) is 2. The number of carbonyl (C=O) groups excluding carboxylic acids is 1. The maximum absolute atomic E-state index is 13.7. The highest BCUT2D eigenvalue weighted by Gasteiger charge is 2.30. The van der Waals surface area contributed by atoms with Crippen LogP contribution in [0, 0.1) is 12.7 Å². The van der Waals surface area contributed by atoms with Crippen LogP contribution in [0.2, 0.25) is 0 Å². The van der Waals surface area contributed by atoms with E-state index >= 15 is 0 Å². The van der Waals surface area contributed by atoms with E-state index in [-0.39, 0.29) is 30.1 Å². The number of benzene rings is 2. The molecule has 28 heavy (non-hydrogen) atoms. The molecule has 1 heterocycles. The van der Waals surface area contributed by atoms with Gasteiger partial charge in [-0.1, -0.05) is 6.07 Å². The molecular formula is C20H24ClFN2O4. The van der Waals surface area contributed by atoms with Gasteiger partial charge in [-0.15, -0.1) is 12.4 Å². The van der Waals surface area contributed by atoms with Gasteiger partial charge >= 0.3 is 0 Å². The molecule has 2 aromatic rings. The van der Waals surface area contributed by atoms with Gasteiger partial charge in [0.1, 0.15) is 11.9 Å². The number of amides is 1. The van der Waals surface area contributed by atoms with Crippen LogP contribution in [-0.2, 0) is 9.53 Å². The molecule has 1 fully saturated rings. The number of hydrogen-bond acceptors (Lipinski definition) is 5. The van der Waals surface area contributed by atoms with Gasteiger partial charge in [0.2, 0.25) is 0 Å². The van der Waals surface area contributed by atoms with Gasteiger partial charge < -0.3 is 25.3 Å². The maximum Gasteiger partial charge on any atom is 0.253 e. The Balaban J connectivity index is 0.00000280. The van der Waals surface area contributed by atoms with Gasteiger partial charge in [-0.05, 0) is 49.6 Å². The van der Waals surface area contributed by atoms with Crippen molar-refractivity contribution in [3.63, 3.8) is 0 Å². The van der Waals surface area contributed by atoms with Crippen LogP contribution >= 0.6 is 12.4 Å². The summed E-state index contributed by atoms with van der Waals surface area (Å²) in [6.45, 7) is 2.30. The van der Waals surface area contributed by atoms with Crippen molar-refractivity contribution in [3.05, 3.63) is 47.8 Å². The third kappa shape index (κ3) is 5.13. The predicted octanol–water partition coefficient (Wildman–Crippen LogP) is 3.80. The lowest BCUT2D eigenvalue weighted by Gasteiger charge is -2.17. The molecule has 0 aliphatic carbocycles. The Morgan fingerprint density at radius 3 is 2.64 bits per heavy atom. The van der Waals surface area contributed by atoms with E-state index in [1.54, 1.807) is 13.2 Å². The second-order valence-electron chi connectivity index (χ2n) is 6.45. The van der Waals surface area contributed by atoms with E-state index in [0.29, 0.717) is 30.2 Å². The van der Waals surface area contributed by atoms with E-state index in [2.05, 4.69) is 5.32 Å². The first-order valence-corrected chi connectivity index (χ1v) is 8.78. The fourth-order valence-corrected chi connectivity index (χ4v) is 2.95. The highest BCUT2D eigenvalue weighted by Crippen LogP contribution is 2.36. The van der Waals surface area contributed by atoms with Crippen molar-refractivity contribution in [3.8, 4) is 17.2 Å². The minimum Gasteiger partial charge on any atom is -0.493 e. The number of ether oxygens (including phenoxy) is 3. The average molecular weight is 411 g/mol. The molecule has 1 aliphatic heterocycles. The molecule has 0 radical (unpaired) electrons. The first-order valence-electron chi connectivity index (χ1n) is 8.78. The largest absolute Gasteiger partial charge is 0.493 e. The van der Waals surface area contributed by atoms with Gasteiger partial charge in [-0.2, -0.15) is 0 Å². The van der Waals surface area contributed by atoms with Crippen molar-refractivity contribution in [2.75, 3.05) is 19.0 Å². The highest BCUT2D eigenvalue weighted by atomic mass is 35.5. The SMILES string of the molecule is COc1cc(C)ccc1Oc1ccc(F)cc1NC(=O)[C@@H]1CC[C@H](CN)O1.Cl. The summed E-state index contributed by atoms with van der Waals surface area (Å²) in [7, 11) is 1.54. The molecule has 0 unspecified atom stereocenters. The van der Waals surface area contributed by atoms with Crippen molar-refractivity contribution in [2.45, 2.75) is 32.0 Å². The third-order valence-corrected chi connectivity index (χ3v) is 4.40. The first-order chi connectivity index (χ1) is 13.0. The minimum absolute atomic E-state index is 0. The lowest BCUT2D eigenvalue weighted by Crippen LogP contribution is -2.29. The number of methoxy groups -OCH3 is 1. The van der Waals surface area contributed by atoms with Gasteiger partial charge in [0.05, 0.1) is 18.9 Å². The number of anilines is 1. The molecule has 6 nitrogen and oxygen atoms in total. The molecule has 3 rings (SSSR count). The van der Waals surface area contributed by atoms with Gasteiger partial charge in [-0.3, -0.25) is 4.79 Å². The van der Waals surface area contributed by atoms with Crippen LogP contribution in [0.4, 0.5) is 10.1 Å². The Hall–Kier alpha value is -2.35. The Bertz CT molecular complexity index is 834. The molecule has 8 heteroatoms. The maximum atomic E-state index is 13.7. The van der Waals surface area contributed by atoms with E-state index in [0.717, 1.165) is 12.0 Å². The summed E-state index contributed by atoms with van der Waals surface area (Å²) < 4.78 is 30.6. The molecule has 152 valence electrons. The topological polar surface area (TPSA) is 82.8 Å². The van der Waals surface area contributed by atoms with Crippen LogP contribution in [0.3, 0.4) is 0 Å². The van der Waals surface area contributed by atoms with Crippen molar-refractivity contribution < 1.29 is 23.4 Å². The Kier molecular flexibility index (Phi) is 7.62. The Labute approximate surface area is 169 Å². The normalized spacial score (nSPS) is 18.3. The Morgan fingerprint density at radius 2 is 1.96 bits per heavy atom. The summed E-state index contributed by atoms with van der Waals surface area (Å²) in [4.78, 5) is 12.5. The molecule has 0 bridgehead atoms. The van der Waals surface area contributed by atoms with Crippen LogP contribution in [0.5, 0.6) is 17.2 Å². The standard InChI is InChI=1S/C20H23FN2O4.ClH/c1-12-3-6-17(19(9-12)25-2)27-16-7-4-13(21)10-15(16)23-20(24)18-8-5-14(11-22)26-18;/h3-4,6-7,9-10,14,18H,5,8,11,22H2,1-2H3,(H,23,24);1H/t14-,18+;/m1./s1. The lowest BCUT2D eigenvalue weighted by molar-refractivity contribution is -0.126. The Morgan fingerprint density at radius 1 is 1.21 bits per heavy atom. The molecule has 2 atom stereocenters. The van der Waals surface area contributed by atoms with Gasteiger partial charge in [0, 0.05) is 12.6 Å². The summed E-state index contributed by atoms with van der Waals surface area (Å²) >= 11 is 0. The summed E-state index contributed by atoms with van der Waals surface area (Å²) in [6.07, 6.45) is 0.566. The zero-order valence-electron chi connectivity index (χ0n) is 15.7. The summed E-state index contributed by atoms with van der Waals surface area (Å²) in [5.74, 6) is 0.477. The molecular weight excluding hydrogens is 387 g/mol. The average Bonchev–Trinajstić information content (AvgIpc) is 3.14. The monoisotopic (exact) mass is 410 g/mol. The van der Waals surface area contributed by atoms with Gasteiger partial charge in [0.25, 0.3) is 5.91 Å². The summed E-state index contributed by atoms with van der Waals surface area (Å²) in [6, 6.07) is 9.40. The molecule has 1 saturated heterocycles. The smallest absolute Gasteiger partial charge is 0.253 e. The van der Waals surface area contributed by atoms with Crippen LogP contribution in [0.25, 0.3) is 0 Å². The van der Waals surface area contributed by atoms with E-state index in [1.807, 2.05) is 19.1 Å². The number of halogens is 2. The van der Waals surface area contributed by atoms with Crippen molar-refractivity contribution in [1.82, 2.24) is 0 Å². The van der Waals surface area contributed by atoms with E-state index < -0.39 is 11.9 Å². The molecule has 2 aromatic carbocycles. The fourth-order valence-electron chi connectivity index (χ4n) is 2.95. The van der Waals surface area contributed by atoms with Crippen molar-refractivity contribution in [2.24, 2.45) is 5.73 Å². The van der Waals surface area contributed by atoms with Crippen LogP contribution < -0.4 is 20.5 Å². The molecule has 1 amide bonds. The lowest BCUT2D eigenvalue weighted by atomic mass is 10.2. The zero-order chi connectivity index (χ0) is 19.4. The molecule has 3 N–H and O–H groups in total. The second kappa shape index (κ2) is 9.73. The molecule has 1 aliphatic rings. The second-order valence-corrected chi connectivity index (χ2v) is 6.45. The summed E-state index contributed by atoms with van der Waals surface area (Å²) in [5, 5.41) is 2.70. The fraction of sp³-hybridized carbons (Fsp3) is 0.350. The minimum atomic E-state index is -0.608. The van der Waals surface area contributed by atoms with Crippen molar-refractivity contribution >= 4 is 24.0 Å². The van der Waals surface area contributed by atoms with E-state index in [4.69, 9.17) is 19.9 Å². The number of nitrogens with one attached hydrogen (secondary N) is 1. The molecule has 0 saturated carbocycles. The van der Waals surface area contributed by atoms with E-state index in [1.165, 1.54) is 18.2 Å².